The Hall–Kier alpha value is -1.15. The molecule has 0 atom stereocenters. The molecular weight excluding hydrogens is 214 g/mol. The summed E-state index contributed by atoms with van der Waals surface area (Å²) in [6.45, 7) is 6.55. The van der Waals surface area contributed by atoms with Crippen LogP contribution in [0.1, 0.15) is 40.8 Å². The van der Waals surface area contributed by atoms with Crippen molar-refractivity contribution >= 4 is 11.3 Å². The molecule has 2 rings (SSSR count). The second kappa shape index (κ2) is 4.79. The van der Waals surface area contributed by atoms with E-state index in [2.05, 4.69) is 50.0 Å². The smallest absolute Gasteiger partial charge is 0.0971 e. The minimum absolute atomic E-state index is 0.587. The molecule has 1 aromatic heterocycles. The number of thiazole rings is 1. The van der Waals surface area contributed by atoms with Crippen molar-refractivity contribution < 1.29 is 0 Å². The second-order valence-corrected chi connectivity index (χ2v) is 5.62. The SMILES string of the molecule is Cc1cccc(Cc2ncc(C(C)C)s2)c1. The zero-order valence-electron chi connectivity index (χ0n) is 10.0. The van der Waals surface area contributed by atoms with Gasteiger partial charge in [-0.25, -0.2) is 4.98 Å². The van der Waals surface area contributed by atoms with E-state index >= 15 is 0 Å². The molecule has 0 aliphatic rings. The molecule has 1 aromatic carbocycles. The molecule has 0 bridgehead atoms. The summed E-state index contributed by atoms with van der Waals surface area (Å²) in [7, 11) is 0. The van der Waals surface area contributed by atoms with E-state index in [9.17, 15) is 0 Å². The highest BCUT2D eigenvalue weighted by molar-refractivity contribution is 7.11. The third-order valence-electron chi connectivity index (χ3n) is 2.58. The van der Waals surface area contributed by atoms with Crippen molar-refractivity contribution in [2.24, 2.45) is 0 Å². The Kier molecular flexibility index (Phi) is 3.39. The van der Waals surface area contributed by atoms with E-state index in [0.29, 0.717) is 5.92 Å². The standard InChI is InChI=1S/C14H17NS/c1-10(2)13-9-15-14(16-13)8-12-6-4-5-11(3)7-12/h4-7,9-10H,8H2,1-3H3. The molecule has 0 N–H and O–H groups in total. The summed E-state index contributed by atoms with van der Waals surface area (Å²) in [5.74, 6) is 0.587. The van der Waals surface area contributed by atoms with Gasteiger partial charge in [0.05, 0.1) is 5.01 Å². The van der Waals surface area contributed by atoms with Gasteiger partial charge in [-0.1, -0.05) is 43.7 Å². The number of hydrogen-bond donors (Lipinski definition) is 0. The predicted molar refractivity (Wildman–Crippen MR) is 70.2 cm³/mol. The third-order valence-corrected chi connectivity index (χ3v) is 3.88. The topological polar surface area (TPSA) is 12.9 Å². The van der Waals surface area contributed by atoms with E-state index in [0.717, 1.165) is 6.42 Å². The minimum Gasteiger partial charge on any atom is -0.249 e. The predicted octanol–water partition coefficient (Wildman–Crippen LogP) is 4.17. The number of aromatic nitrogens is 1. The summed E-state index contributed by atoms with van der Waals surface area (Å²) in [4.78, 5) is 5.86. The first-order chi connectivity index (χ1) is 7.65. The molecule has 1 nitrogen and oxygen atoms in total. The average molecular weight is 231 g/mol. The Morgan fingerprint density at radius 2 is 2.12 bits per heavy atom. The Labute approximate surface area is 101 Å². The van der Waals surface area contributed by atoms with Gasteiger partial charge in [-0.2, -0.15) is 0 Å². The maximum atomic E-state index is 4.48. The van der Waals surface area contributed by atoms with Gasteiger partial charge < -0.3 is 0 Å². The first-order valence-corrected chi connectivity index (χ1v) is 6.47. The maximum absolute atomic E-state index is 4.48. The maximum Gasteiger partial charge on any atom is 0.0971 e. The molecular formula is C14H17NS. The normalized spacial score (nSPS) is 11.0. The van der Waals surface area contributed by atoms with Crippen LogP contribution in [0.5, 0.6) is 0 Å². The van der Waals surface area contributed by atoms with E-state index in [1.165, 1.54) is 21.0 Å². The van der Waals surface area contributed by atoms with E-state index < -0.39 is 0 Å². The van der Waals surface area contributed by atoms with Gasteiger partial charge in [-0.05, 0) is 18.4 Å². The molecule has 0 saturated carbocycles. The van der Waals surface area contributed by atoms with E-state index in [1.807, 2.05) is 17.5 Å². The highest BCUT2D eigenvalue weighted by Crippen LogP contribution is 2.23. The fourth-order valence-corrected chi connectivity index (χ4v) is 2.63. The van der Waals surface area contributed by atoms with Gasteiger partial charge in [0.2, 0.25) is 0 Å². The van der Waals surface area contributed by atoms with Crippen LogP contribution in [0.3, 0.4) is 0 Å². The van der Waals surface area contributed by atoms with Crippen LogP contribution < -0.4 is 0 Å². The minimum atomic E-state index is 0.587. The molecule has 0 spiro atoms. The summed E-state index contributed by atoms with van der Waals surface area (Å²) in [6.07, 6.45) is 2.97. The van der Waals surface area contributed by atoms with Gasteiger partial charge in [0.15, 0.2) is 0 Å². The van der Waals surface area contributed by atoms with E-state index in [-0.39, 0.29) is 0 Å². The largest absolute Gasteiger partial charge is 0.249 e. The monoisotopic (exact) mass is 231 g/mol. The van der Waals surface area contributed by atoms with Crippen LogP contribution in [0.15, 0.2) is 30.5 Å². The third kappa shape index (κ3) is 2.70. The molecule has 84 valence electrons. The quantitative estimate of drug-likeness (QED) is 0.772. The zero-order valence-corrected chi connectivity index (χ0v) is 10.8. The van der Waals surface area contributed by atoms with Gasteiger partial charge in [-0.3, -0.25) is 0 Å². The Balaban J connectivity index is 2.14. The summed E-state index contributed by atoms with van der Waals surface area (Å²) in [5.41, 5.74) is 2.67. The van der Waals surface area contributed by atoms with Crippen LogP contribution >= 0.6 is 11.3 Å². The zero-order chi connectivity index (χ0) is 11.5. The molecule has 2 aromatic rings. The molecule has 0 saturated heterocycles. The number of hydrogen-bond acceptors (Lipinski definition) is 2. The van der Waals surface area contributed by atoms with Crippen molar-refractivity contribution in [1.29, 1.82) is 0 Å². The lowest BCUT2D eigenvalue weighted by Gasteiger charge is -1.99. The van der Waals surface area contributed by atoms with Crippen molar-refractivity contribution in [2.75, 3.05) is 0 Å². The van der Waals surface area contributed by atoms with Gasteiger partial charge in [-0.15, -0.1) is 11.3 Å². The lowest BCUT2D eigenvalue weighted by molar-refractivity contribution is 0.885. The Morgan fingerprint density at radius 1 is 1.31 bits per heavy atom. The number of nitrogens with zero attached hydrogens (tertiary/aromatic N) is 1. The van der Waals surface area contributed by atoms with Crippen molar-refractivity contribution in [3.8, 4) is 0 Å². The molecule has 16 heavy (non-hydrogen) atoms. The second-order valence-electron chi connectivity index (χ2n) is 4.48. The molecule has 2 heteroatoms. The van der Waals surface area contributed by atoms with Crippen LogP contribution in [-0.2, 0) is 6.42 Å². The van der Waals surface area contributed by atoms with Crippen LogP contribution in [-0.4, -0.2) is 4.98 Å². The molecule has 0 fully saturated rings. The summed E-state index contributed by atoms with van der Waals surface area (Å²) in [6, 6.07) is 8.65. The summed E-state index contributed by atoms with van der Waals surface area (Å²) >= 11 is 1.83. The summed E-state index contributed by atoms with van der Waals surface area (Å²) in [5, 5.41) is 1.22. The fraction of sp³-hybridized carbons (Fsp3) is 0.357. The number of benzene rings is 1. The first kappa shape index (κ1) is 11.3. The molecule has 0 aliphatic carbocycles. The first-order valence-electron chi connectivity index (χ1n) is 5.65. The molecule has 0 amide bonds. The lowest BCUT2D eigenvalue weighted by atomic mass is 10.1. The lowest BCUT2D eigenvalue weighted by Crippen LogP contribution is -1.86. The van der Waals surface area contributed by atoms with Gasteiger partial charge in [0.1, 0.15) is 0 Å². The van der Waals surface area contributed by atoms with Crippen LogP contribution in [0.25, 0.3) is 0 Å². The molecule has 1 heterocycles. The van der Waals surface area contributed by atoms with E-state index in [4.69, 9.17) is 0 Å². The van der Waals surface area contributed by atoms with Crippen LogP contribution in [0, 0.1) is 6.92 Å². The van der Waals surface area contributed by atoms with Gasteiger partial charge in [0.25, 0.3) is 0 Å². The average Bonchev–Trinajstić information content (AvgIpc) is 2.66. The van der Waals surface area contributed by atoms with E-state index in [1.54, 1.807) is 0 Å². The Morgan fingerprint density at radius 3 is 2.75 bits per heavy atom. The highest BCUT2D eigenvalue weighted by atomic mass is 32.1. The van der Waals surface area contributed by atoms with Crippen molar-refractivity contribution in [1.82, 2.24) is 4.98 Å². The van der Waals surface area contributed by atoms with Crippen LogP contribution in [0.2, 0.25) is 0 Å². The molecule has 0 radical (unpaired) electrons. The highest BCUT2D eigenvalue weighted by Gasteiger charge is 2.06. The van der Waals surface area contributed by atoms with Crippen LogP contribution in [0.4, 0.5) is 0 Å². The summed E-state index contributed by atoms with van der Waals surface area (Å²) < 4.78 is 0. The fourth-order valence-electron chi connectivity index (χ4n) is 1.67. The van der Waals surface area contributed by atoms with Crippen molar-refractivity contribution in [3.63, 3.8) is 0 Å². The van der Waals surface area contributed by atoms with Crippen molar-refractivity contribution in [3.05, 3.63) is 51.5 Å². The van der Waals surface area contributed by atoms with Gasteiger partial charge >= 0.3 is 0 Å². The number of rotatable bonds is 3. The molecule has 0 unspecified atom stereocenters. The van der Waals surface area contributed by atoms with Crippen molar-refractivity contribution in [2.45, 2.75) is 33.1 Å². The number of aryl methyl sites for hydroxylation is 1. The Bertz CT molecular complexity index is 471. The molecule has 0 aliphatic heterocycles. The van der Waals surface area contributed by atoms with Gasteiger partial charge in [0, 0.05) is 17.5 Å².